The van der Waals surface area contributed by atoms with Gasteiger partial charge < -0.3 is 70.8 Å². The molecule has 0 spiro atoms. The molecular weight excluding hydrogens is 991 g/mol. The first-order valence-corrected chi connectivity index (χ1v) is 24.4. The number of primary amides is 3. The van der Waals surface area contributed by atoms with E-state index in [-0.39, 0.29) is 69.1 Å². The zero-order valence-corrected chi connectivity index (χ0v) is 41.7. The fourth-order valence-corrected chi connectivity index (χ4v) is 7.92. The number of nitrogens with two attached hydrogens (primary N) is 5. The Labute approximate surface area is 431 Å². The highest BCUT2D eigenvalue weighted by molar-refractivity contribution is 7.80. The second-order valence-corrected chi connectivity index (χ2v) is 17.6. The lowest BCUT2D eigenvalue weighted by Crippen LogP contribution is -2.61. The lowest BCUT2D eigenvalue weighted by molar-refractivity contribution is -0.142. The molecule has 0 bridgehead atoms. The molecule has 28 heteroatoms. The molecule has 398 valence electrons. The molecule has 73 heavy (non-hydrogen) atoms. The molecule has 2 aromatic rings. The van der Waals surface area contributed by atoms with Crippen LogP contribution in [0.15, 0.2) is 59.9 Å². The van der Waals surface area contributed by atoms with Crippen molar-refractivity contribution in [3.8, 4) is 0 Å². The number of thiol groups is 2. The molecule has 7 atom stereocenters. The number of benzene rings is 1. The quantitative estimate of drug-likeness (QED) is 0.0145. The largest absolute Gasteiger partial charge is 0.370 e. The Morgan fingerprint density at radius 2 is 1.23 bits per heavy atom. The summed E-state index contributed by atoms with van der Waals surface area (Å²) >= 11 is 8.34. The zero-order valence-electron chi connectivity index (χ0n) is 40.0. The normalized spacial score (nSPS) is 15.3. The third-order valence-electron chi connectivity index (χ3n) is 11.1. The van der Waals surface area contributed by atoms with Gasteiger partial charge in [0.1, 0.15) is 42.3 Å². The Kier molecular flexibility index (Phi) is 25.5. The number of likely N-dealkylation sites (tertiary alicyclic amines) is 1. The average Bonchev–Trinajstić information content (AvgIpc) is 3.84. The number of hydrogen-bond acceptors (Lipinski definition) is 15. The summed E-state index contributed by atoms with van der Waals surface area (Å²) in [6.45, 7) is -0.357. The Morgan fingerprint density at radius 3 is 1.84 bits per heavy atom. The maximum absolute atomic E-state index is 14.2. The number of nitrogens with one attached hydrogen (secondary N) is 7. The maximum atomic E-state index is 14.2. The minimum atomic E-state index is -1.78. The van der Waals surface area contributed by atoms with Crippen LogP contribution >= 0.6 is 25.3 Å². The topological polar surface area (TPSA) is 431 Å². The van der Waals surface area contributed by atoms with Crippen molar-refractivity contribution in [1.82, 2.24) is 47.1 Å². The van der Waals surface area contributed by atoms with Crippen molar-refractivity contribution in [3.63, 3.8) is 0 Å². The summed E-state index contributed by atoms with van der Waals surface area (Å²) in [4.78, 5) is 154. The summed E-state index contributed by atoms with van der Waals surface area (Å²) in [7, 11) is 0. The lowest BCUT2D eigenvalue weighted by Gasteiger charge is -2.30. The van der Waals surface area contributed by atoms with Crippen molar-refractivity contribution in [2.75, 3.05) is 31.1 Å². The Hall–Kier alpha value is -7.49. The third-order valence-corrected chi connectivity index (χ3v) is 11.7. The molecule has 1 aliphatic rings. The number of hydrogen-bond donors (Lipinski definition) is 14. The molecule has 2 heterocycles. The van der Waals surface area contributed by atoms with Gasteiger partial charge in [-0.15, -0.1) is 0 Å². The lowest BCUT2D eigenvalue weighted by atomic mass is 10.0. The van der Waals surface area contributed by atoms with Crippen molar-refractivity contribution in [2.24, 2.45) is 33.7 Å². The number of nitrogens with zero attached hydrogens (tertiary/aromatic N) is 3. The highest BCUT2D eigenvalue weighted by atomic mass is 32.1. The minimum absolute atomic E-state index is 0.0107. The fourth-order valence-electron chi connectivity index (χ4n) is 7.47. The van der Waals surface area contributed by atoms with E-state index in [2.05, 4.69) is 72.5 Å². The second-order valence-electron chi connectivity index (χ2n) is 16.8. The molecule has 26 nitrogen and oxygen atoms in total. The van der Waals surface area contributed by atoms with E-state index >= 15 is 0 Å². The summed E-state index contributed by atoms with van der Waals surface area (Å²) in [6, 6.07) is 2.07. The van der Waals surface area contributed by atoms with E-state index in [4.69, 9.17) is 28.7 Å². The van der Waals surface area contributed by atoms with Gasteiger partial charge in [-0.3, -0.25) is 62.7 Å². The molecule has 3 rings (SSSR count). The summed E-state index contributed by atoms with van der Waals surface area (Å²) in [5, 5.41) is 17.6. The molecular formula is C45H65N15O11S2. The zero-order chi connectivity index (χ0) is 54.0. The summed E-state index contributed by atoms with van der Waals surface area (Å²) in [5.41, 5.74) is 28.0. The van der Waals surface area contributed by atoms with Crippen LogP contribution in [0.25, 0.3) is 0 Å². The van der Waals surface area contributed by atoms with E-state index < -0.39 is 133 Å². The van der Waals surface area contributed by atoms with Crippen LogP contribution in [0.1, 0.15) is 62.5 Å². The van der Waals surface area contributed by atoms with Crippen LogP contribution in [0.3, 0.4) is 0 Å². The van der Waals surface area contributed by atoms with Gasteiger partial charge in [-0.25, -0.2) is 0 Å². The number of aliphatic imine (C=N–C) groups is 1. The number of aromatic nitrogens is 1. The fraction of sp³-hybridized carbons (Fsp3) is 0.489. The molecule has 11 amide bonds. The van der Waals surface area contributed by atoms with Crippen LogP contribution in [-0.4, -0.2) is 154 Å². The van der Waals surface area contributed by atoms with Gasteiger partial charge in [-0.05, 0) is 55.1 Å². The van der Waals surface area contributed by atoms with Crippen LogP contribution in [0, 0.1) is 0 Å². The molecule has 1 fully saturated rings. The predicted molar refractivity (Wildman–Crippen MR) is 271 cm³/mol. The SMILES string of the molecule is NC(=O)CC[C@@H](NC(=O)[C@@H](Cc1ccccc1)NC(=O)[C@H](Cc1cccnc1)NC(=O)CCS)C(=O)N[C@H](CC(N)=O)C(=O)N[C@H](CS)C(=O)N1CCC[C@@H]1C(=O)N[C@H](CCCN=C(N)N)C(=O)NCC(N)=O. The summed E-state index contributed by atoms with van der Waals surface area (Å²) < 4.78 is 0. The molecule has 1 saturated heterocycles. The summed E-state index contributed by atoms with van der Waals surface area (Å²) in [6.07, 6.45) is 1.95. The molecule has 1 aromatic heterocycles. The van der Waals surface area contributed by atoms with Gasteiger partial charge >= 0.3 is 0 Å². The molecule has 0 saturated carbocycles. The highest BCUT2D eigenvalue weighted by Gasteiger charge is 2.40. The Morgan fingerprint density at radius 1 is 0.644 bits per heavy atom. The number of carbonyl (C=O) groups excluding carboxylic acids is 11. The van der Waals surface area contributed by atoms with Crippen LogP contribution < -0.4 is 65.9 Å². The van der Waals surface area contributed by atoms with Crippen molar-refractivity contribution in [1.29, 1.82) is 0 Å². The van der Waals surface area contributed by atoms with E-state index in [0.717, 1.165) is 0 Å². The van der Waals surface area contributed by atoms with Crippen LogP contribution in [0.2, 0.25) is 0 Å². The molecule has 0 radical (unpaired) electrons. The molecule has 0 unspecified atom stereocenters. The van der Waals surface area contributed by atoms with Crippen molar-refractivity contribution in [2.45, 2.75) is 107 Å². The smallest absolute Gasteiger partial charge is 0.246 e. The first-order valence-electron chi connectivity index (χ1n) is 23.2. The van der Waals surface area contributed by atoms with Gasteiger partial charge in [0.15, 0.2) is 5.96 Å². The van der Waals surface area contributed by atoms with Crippen LogP contribution in [-0.2, 0) is 65.6 Å². The van der Waals surface area contributed by atoms with Gasteiger partial charge in [0.2, 0.25) is 65.0 Å². The predicted octanol–water partition coefficient (Wildman–Crippen LogP) is -5.19. The van der Waals surface area contributed by atoms with Crippen LogP contribution in [0.5, 0.6) is 0 Å². The number of pyridine rings is 1. The molecule has 1 aliphatic heterocycles. The average molecular weight is 1060 g/mol. The van der Waals surface area contributed by atoms with Crippen LogP contribution in [0.4, 0.5) is 0 Å². The van der Waals surface area contributed by atoms with Gasteiger partial charge in [-0.1, -0.05) is 36.4 Å². The number of carbonyl (C=O) groups is 11. The monoisotopic (exact) mass is 1060 g/mol. The number of amides is 11. The van der Waals surface area contributed by atoms with E-state index in [1.165, 1.54) is 17.3 Å². The summed E-state index contributed by atoms with van der Waals surface area (Å²) in [5.74, 6) is -9.72. The second kappa shape index (κ2) is 31.1. The standard InChI is InChI=1S/C45H65N15O11S2/c46-34(61)13-12-28(55-41(68)30(19-25-7-2-1-3-8-25)57-40(67)29(54-37(64)14-18-72)20-26-9-4-15-51-22-26)39(66)58-31(21-35(47)62)42(69)59-32(24-73)44(71)60-17-6-11-33(60)43(70)56-27(10-5-16-52-45(49)50)38(65)53-23-36(48)63/h1-4,7-9,15,22,27-33,72-73H,5-6,10-14,16-21,23-24H2,(H2,46,61)(H2,47,62)(H2,48,63)(H,53,65)(H,54,64)(H,55,68)(H,56,70)(H,57,67)(H,58,66)(H,59,69)(H4,49,50,52)/t27-,28-,29+,30-,31-,32-,33-/m1/s1. The van der Waals surface area contributed by atoms with Gasteiger partial charge in [0, 0.05) is 56.9 Å². The Balaban J connectivity index is 1.84. The third kappa shape index (κ3) is 21.4. The maximum Gasteiger partial charge on any atom is 0.246 e. The van der Waals surface area contributed by atoms with Gasteiger partial charge in [0.25, 0.3) is 0 Å². The van der Waals surface area contributed by atoms with Gasteiger partial charge in [0.05, 0.1) is 13.0 Å². The van der Waals surface area contributed by atoms with Crippen molar-refractivity contribution in [3.05, 3.63) is 66.0 Å². The molecule has 0 aliphatic carbocycles. The Bertz CT molecular complexity index is 2290. The minimum Gasteiger partial charge on any atom is -0.370 e. The number of guanidine groups is 1. The highest BCUT2D eigenvalue weighted by Crippen LogP contribution is 2.20. The van der Waals surface area contributed by atoms with Crippen molar-refractivity contribution < 1.29 is 52.7 Å². The first-order chi connectivity index (χ1) is 34.7. The number of rotatable bonds is 31. The van der Waals surface area contributed by atoms with Gasteiger partial charge in [-0.2, -0.15) is 25.3 Å². The molecule has 17 N–H and O–H groups in total. The van der Waals surface area contributed by atoms with E-state index in [9.17, 15) is 52.7 Å². The molecule has 1 aromatic carbocycles. The van der Waals surface area contributed by atoms with E-state index in [1.54, 1.807) is 42.5 Å². The first kappa shape index (κ1) is 59.8. The van der Waals surface area contributed by atoms with E-state index in [1.807, 2.05) is 0 Å². The van der Waals surface area contributed by atoms with E-state index in [0.29, 0.717) is 17.5 Å². The van der Waals surface area contributed by atoms with Crippen molar-refractivity contribution >= 4 is 96.2 Å².